The summed E-state index contributed by atoms with van der Waals surface area (Å²) in [5.74, 6) is 0.181. The number of hydrogen-bond acceptors (Lipinski definition) is 4. The Morgan fingerprint density at radius 2 is 1.96 bits per heavy atom. The van der Waals surface area contributed by atoms with Crippen molar-refractivity contribution in [2.75, 3.05) is 18.0 Å². The second kappa shape index (κ2) is 8.05. The molecule has 7 nitrogen and oxygen atoms in total. The summed E-state index contributed by atoms with van der Waals surface area (Å²) in [4.78, 5) is 13.9. The third-order valence-electron chi connectivity index (χ3n) is 5.04. The molecule has 1 aromatic carbocycles. The lowest BCUT2D eigenvalue weighted by Gasteiger charge is -2.18. The first-order valence-corrected chi connectivity index (χ1v) is 11.1. The molecule has 2 aromatic rings. The largest absolute Gasteiger partial charge is 0.312 e. The Balaban J connectivity index is 1.67. The summed E-state index contributed by atoms with van der Waals surface area (Å²) in [6, 6.07) is 7.08. The van der Waals surface area contributed by atoms with Crippen molar-refractivity contribution in [2.24, 2.45) is 5.92 Å². The molecule has 1 saturated heterocycles. The van der Waals surface area contributed by atoms with Crippen molar-refractivity contribution in [3.8, 4) is 0 Å². The van der Waals surface area contributed by atoms with E-state index in [2.05, 4.69) is 9.82 Å². The number of amides is 1. The van der Waals surface area contributed by atoms with Crippen LogP contribution < -0.4 is 9.62 Å². The van der Waals surface area contributed by atoms with Crippen molar-refractivity contribution < 1.29 is 13.2 Å². The predicted octanol–water partition coefficient (Wildman–Crippen LogP) is 2.55. The molecular formula is C20H28N4O3S. The quantitative estimate of drug-likeness (QED) is 0.769. The van der Waals surface area contributed by atoms with Gasteiger partial charge in [0.1, 0.15) is 0 Å². The first-order chi connectivity index (χ1) is 13.2. The molecule has 1 fully saturated rings. The maximum absolute atomic E-state index is 12.8. The molecule has 0 spiro atoms. The number of anilines is 1. The second-order valence-electron chi connectivity index (χ2n) is 7.67. The number of aromatic nitrogens is 2. The minimum Gasteiger partial charge on any atom is -0.312 e. The monoisotopic (exact) mass is 404 g/mol. The fraction of sp³-hybridized carbons (Fsp3) is 0.500. The predicted molar refractivity (Wildman–Crippen MR) is 109 cm³/mol. The second-order valence-corrected chi connectivity index (χ2v) is 9.40. The summed E-state index contributed by atoms with van der Waals surface area (Å²) in [5.41, 5.74) is 3.42. The highest BCUT2D eigenvalue weighted by Gasteiger charge is 2.24. The molecule has 0 saturated carbocycles. The van der Waals surface area contributed by atoms with Crippen LogP contribution in [0.5, 0.6) is 0 Å². The van der Waals surface area contributed by atoms with Crippen LogP contribution in [0.3, 0.4) is 0 Å². The number of nitrogens with one attached hydrogen (secondary N) is 1. The maximum Gasteiger partial charge on any atom is 0.240 e. The summed E-state index contributed by atoms with van der Waals surface area (Å²) in [6.07, 6.45) is 1.39. The van der Waals surface area contributed by atoms with Gasteiger partial charge in [-0.25, -0.2) is 13.1 Å². The van der Waals surface area contributed by atoms with Gasteiger partial charge < -0.3 is 4.90 Å². The third kappa shape index (κ3) is 4.44. The van der Waals surface area contributed by atoms with Gasteiger partial charge in [0.15, 0.2) is 0 Å². The molecule has 152 valence electrons. The molecule has 1 aliphatic rings. The molecule has 1 N–H and O–H groups in total. The Morgan fingerprint density at radius 1 is 1.21 bits per heavy atom. The van der Waals surface area contributed by atoms with E-state index < -0.39 is 10.0 Å². The lowest BCUT2D eigenvalue weighted by Crippen LogP contribution is -2.31. The zero-order valence-corrected chi connectivity index (χ0v) is 17.7. The first-order valence-electron chi connectivity index (χ1n) is 9.59. The number of rotatable bonds is 7. The molecule has 0 aliphatic carbocycles. The summed E-state index contributed by atoms with van der Waals surface area (Å²) in [7, 11) is -3.62. The molecule has 1 aliphatic heterocycles. The van der Waals surface area contributed by atoms with Gasteiger partial charge in [0.25, 0.3) is 0 Å². The highest BCUT2D eigenvalue weighted by molar-refractivity contribution is 7.89. The van der Waals surface area contributed by atoms with Gasteiger partial charge in [0.2, 0.25) is 15.9 Å². The van der Waals surface area contributed by atoms with Crippen LogP contribution in [0.1, 0.15) is 36.7 Å². The van der Waals surface area contributed by atoms with E-state index in [9.17, 15) is 13.2 Å². The summed E-state index contributed by atoms with van der Waals surface area (Å²) >= 11 is 0. The number of aryl methyl sites for hydroxylation is 3. The molecule has 1 atom stereocenters. The van der Waals surface area contributed by atoms with Gasteiger partial charge in [0, 0.05) is 37.4 Å². The SMILES string of the molecule is Cc1cc(C)n(CC(C)CNS(=O)(=O)c2ccc(N3CCCC3=O)cc2C)n1. The van der Waals surface area contributed by atoms with Gasteiger partial charge in [0.05, 0.1) is 10.6 Å². The Bertz CT molecular complexity index is 981. The highest BCUT2D eigenvalue weighted by Crippen LogP contribution is 2.26. The number of nitrogens with zero attached hydrogens (tertiary/aromatic N) is 3. The van der Waals surface area contributed by atoms with E-state index in [1.54, 1.807) is 30.0 Å². The van der Waals surface area contributed by atoms with Crippen molar-refractivity contribution in [3.63, 3.8) is 0 Å². The van der Waals surface area contributed by atoms with E-state index >= 15 is 0 Å². The van der Waals surface area contributed by atoms with Crippen molar-refractivity contribution in [1.29, 1.82) is 0 Å². The highest BCUT2D eigenvalue weighted by atomic mass is 32.2. The lowest BCUT2D eigenvalue weighted by atomic mass is 10.2. The molecular weight excluding hydrogens is 376 g/mol. The van der Waals surface area contributed by atoms with E-state index in [1.807, 2.05) is 31.5 Å². The van der Waals surface area contributed by atoms with Crippen LogP contribution in [0, 0.1) is 26.7 Å². The van der Waals surface area contributed by atoms with Crippen molar-refractivity contribution in [2.45, 2.75) is 52.0 Å². The maximum atomic E-state index is 12.8. The summed E-state index contributed by atoms with van der Waals surface area (Å²) in [5, 5.41) is 4.43. The topological polar surface area (TPSA) is 84.3 Å². The van der Waals surface area contributed by atoms with E-state index in [4.69, 9.17) is 0 Å². The first kappa shape index (κ1) is 20.5. The number of carbonyl (C=O) groups is 1. The van der Waals surface area contributed by atoms with Crippen molar-refractivity contribution in [3.05, 3.63) is 41.2 Å². The minimum atomic E-state index is -3.62. The van der Waals surface area contributed by atoms with Crippen LogP contribution in [0.15, 0.2) is 29.2 Å². The molecule has 1 amide bonds. The van der Waals surface area contributed by atoms with E-state index in [-0.39, 0.29) is 16.7 Å². The number of sulfonamides is 1. The Hall–Kier alpha value is -2.19. The molecule has 3 rings (SSSR count). The average Bonchev–Trinajstić information content (AvgIpc) is 3.18. The van der Waals surface area contributed by atoms with Gasteiger partial charge in [-0.3, -0.25) is 9.48 Å². The zero-order chi connectivity index (χ0) is 20.5. The molecule has 2 heterocycles. The van der Waals surface area contributed by atoms with Crippen LogP contribution >= 0.6 is 0 Å². The molecule has 1 aromatic heterocycles. The van der Waals surface area contributed by atoms with Gasteiger partial charge in [-0.1, -0.05) is 6.92 Å². The molecule has 8 heteroatoms. The summed E-state index contributed by atoms with van der Waals surface area (Å²) < 4.78 is 30.1. The third-order valence-corrected chi connectivity index (χ3v) is 6.63. The fourth-order valence-corrected chi connectivity index (χ4v) is 4.96. The van der Waals surface area contributed by atoms with Gasteiger partial charge >= 0.3 is 0 Å². The molecule has 28 heavy (non-hydrogen) atoms. The Labute approximate surface area is 166 Å². The lowest BCUT2D eigenvalue weighted by molar-refractivity contribution is -0.117. The van der Waals surface area contributed by atoms with Crippen LogP contribution in [-0.2, 0) is 21.4 Å². The number of hydrogen-bond donors (Lipinski definition) is 1. The summed E-state index contributed by atoms with van der Waals surface area (Å²) in [6.45, 7) is 9.36. The zero-order valence-electron chi connectivity index (χ0n) is 16.9. The Kier molecular flexibility index (Phi) is 5.90. The van der Waals surface area contributed by atoms with Crippen LogP contribution in [0.4, 0.5) is 5.69 Å². The molecule has 0 bridgehead atoms. The van der Waals surface area contributed by atoms with E-state index in [1.165, 1.54) is 0 Å². The standard InChI is InChI=1S/C20H28N4O3S/c1-14(13-24-17(4)11-16(3)22-24)12-21-28(26,27)19-8-7-18(10-15(19)2)23-9-5-6-20(23)25/h7-8,10-11,14,21H,5-6,9,12-13H2,1-4H3. The van der Waals surface area contributed by atoms with Crippen LogP contribution in [0.25, 0.3) is 0 Å². The average molecular weight is 405 g/mol. The number of benzene rings is 1. The normalized spacial score (nSPS) is 16.0. The molecule has 0 radical (unpaired) electrons. The smallest absolute Gasteiger partial charge is 0.240 e. The van der Waals surface area contributed by atoms with Crippen molar-refractivity contribution in [1.82, 2.24) is 14.5 Å². The fourth-order valence-electron chi connectivity index (χ4n) is 3.57. The van der Waals surface area contributed by atoms with Gasteiger partial charge in [-0.05, 0) is 62.9 Å². The minimum absolute atomic E-state index is 0.0890. The van der Waals surface area contributed by atoms with Gasteiger partial charge in [-0.15, -0.1) is 0 Å². The van der Waals surface area contributed by atoms with Gasteiger partial charge in [-0.2, -0.15) is 5.10 Å². The number of carbonyl (C=O) groups excluding carboxylic acids is 1. The van der Waals surface area contributed by atoms with Crippen LogP contribution in [0.2, 0.25) is 0 Å². The Morgan fingerprint density at radius 3 is 2.54 bits per heavy atom. The van der Waals surface area contributed by atoms with E-state index in [0.717, 1.165) is 23.5 Å². The van der Waals surface area contributed by atoms with Crippen LogP contribution in [-0.4, -0.2) is 37.2 Å². The van der Waals surface area contributed by atoms with Crippen molar-refractivity contribution >= 4 is 21.6 Å². The van der Waals surface area contributed by atoms with E-state index in [0.29, 0.717) is 31.6 Å². The molecule has 1 unspecified atom stereocenters.